The quantitative estimate of drug-likeness (QED) is 0.289. The maximum Gasteiger partial charge on any atom is 0.253 e. The SMILES string of the molecule is O=C(CCCCCC1CCN(C(=O)c2ccc3[nH]ccc3c2)CC1)c1ccc2nccn2c1. The minimum atomic E-state index is 0.143. The third-order valence-corrected chi connectivity index (χ3v) is 6.93. The first-order valence-electron chi connectivity index (χ1n) is 12.0. The molecule has 0 aliphatic carbocycles. The van der Waals surface area contributed by atoms with Gasteiger partial charge in [-0.3, -0.25) is 9.59 Å². The second-order valence-electron chi connectivity index (χ2n) is 9.15. The Balaban J connectivity index is 1.01. The first kappa shape index (κ1) is 21.4. The number of carbonyl (C=O) groups is 2. The van der Waals surface area contributed by atoms with Gasteiger partial charge in [0.25, 0.3) is 5.91 Å². The molecule has 170 valence electrons. The monoisotopic (exact) mass is 442 g/mol. The topological polar surface area (TPSA) is 70.5 Å². The molecule has 0 saturated carbocycles. The van der Waals surface area contributed by atoms with Crippen LogP contribution in [0.4, 0.5) is 0 Å². The number of carbonyl (C=O) groups excluding carboxylic acids is 2. The molecule has 33 heavy (non-hydrogen) atoms. The van der Waals surface area contributed by atoms with Crippen LogP contribution in [0.1, 0.15) is 65.7 Å². The average Bonchev–Trinajstić information content (AvgIpc) is 3.52. The number of imidazole rings is 1. The van der Waals surface area contributed by atoms with Gasteiger partial charge < -0.3 is 14.3 Å². The third-order valence-electron chi connectivity index (χ3n) is 6.93. The first-order chi connectivity index (χ1) is 16.2. The van der Waals surface area contributed by atoms with E-state index in [0.717, 1.165) is 72.9 Å². The zero-order valence-electron chi connectivity index (χ0n) is 18.9. The van der Waals surface area contributed by atoms with Crippen LogP contribution >= 0.6 is 0 Å². The van der Waals surface area contributed by atoms with Gasteiger partial charge in [0, 0.05) is 66.3 Å². The molecular weight excluding hydrogens is 412 g/mol. The van der Waals surface area contributed by atoms with E-state index in [1.54, 1.807) is 6.20 Å². The van der Waals surface area contributed by atoms with Gasteiger partial charge in [-0.15, -0.1) is 0 Å². The van der Waals surface area contributed by atoms with E-state index in [-0.39, 0.29) is 11.7 Å². The van der Waals surface area contributed by atoms with Crippen molar-refractivity contribution in [2.45, 2.75) is 44.9 Å². The molecule has 0 unspecified atom stereocenters. The summed E-state index contributed by atoms with van der Waals surface area (Å²) in [5.74, 6) is 1.03. The summed E-state index contributed by atoms with van der Waals surface area (Å²) in [5, 5.41) is 1.08. The molecule has 1 saturated heterocycles. The Hall–Kier alpha value is -3.41. The largest absolute Gasteiger partial charge is 0.361 e. The summed E-state index contributed by atoms with van der Waals surface area (Å²) >= 11 is 0. The summed E-state index contributed by atoms with van der Waals surface area (Å²) in [6, 6.07) is 11.6. The fourth-order valence-corrected chi connectivity index (χ4v) is 4.92. The van der Waals surface area contributed by atoms with Gasteiger partial charge in [-0.25, -0.2) is 4.98 Å². The summed E-state index contributed by atoms with van der Waals surface area (Å²) in [7, 11) is 0. The summed E-state index contributed by atoms with van der Waals surface area (Å²) in [6.07, 6.45) is 14.5. The van der Waals surface area contributed by atoms with Gasteiger partial charge in [-0.05, 0) is 61.6 Å². The summed E-state index contributed by atoms with van der Waals surface area (Å²) in [6.45, 7) is 1.67. The summed E-state index contributed by atoms with van der Waals surface area (Å²) < 4.78 is 1.89. The Morgan fingerprint density at radius 1 is 1.00 bits per heavy atom. The normalized spacial score (nSPS) is 14.8. The van der Waals surface area contributed by atoms with Crippen LogP contribution in [0.15, 0.2) is 61.2 Å². The number of fused-ring (bicyclic) bond motifs is 2. The molecule has 6 nitrogen and oxygen atoms in total. The molecule has 5 rings (SSSR count). The number of hydrogen-bond acceptors (Lipinski definition) is 3. The maximum atomic E-state index is 12.9. The summed E-state index contributed by atoms with van der Waals surface area (Å²) in [4.78, 5) is 34.8. The molecule has 0 spiro atoms. The lowest BCUT2D eigenvalue weighted by Crippen LogP contribution is -2.38. The number of aromatic amines is 1. The first-order valence-corrected chi connectivity index (χ1v) is 12.0. The van der Waals surface area contributed by atoms with Crippen molar-refractivity contribution in [1.82, 2.24) is 19.3 Å². The molecular formula is C27H30N4O2. The van der Waals surface area contributed by atoms with Crippen molar-refractivity contribution < 1.29 is 9.59 Å². The highest BCUT2D eigenvalue weighted by Crippen LogP contribution is 2.25. The van der Waals surface area contributed by atoms with Crippen molar-refractivity contribution in [2.24, 2.45) is 5.92 Å². The van der Waals surface area contributed by atoms with Gasteiger partial charge in [-0.2, -0.15) is 0 Å². The molecule has 1 N–H and O–H groups in total. The van der Waals surface area contributed by atoms with Crippen molar-refractivity contribution in [2.75, 3.05) is 13.1 Å². The van der Waals surface area contributed by atoms with E-state index >= 15 is 0 Å². The summed E-state index contributed by atoms with van der Waals surface area (Å²) in [5.41, 5.74) is 3.46. The van der Waals surface area contributed by atoms with Crippen LogP contribution in [0.5, 0.6) is 0 Å². The van der Waals surface area contributed by atoms with Gasteiger partial charge in [0.2, 0.25) is 0 Å². The fourth-order valence-electron chi connectivity index (χ4n) is 4.92. The third kappa shape index (κ3) is 4.85. The van der Waals surface area contributed by atoms with Crippen LogP contribution < -0.4 is 0 Å². The second-order valence-corrected chi connectivity index (χ2v) is 9.15. The molecule has 1 aromatic carbocycles. The highest BCUT2D eigenvalue weighted by atomic mass is 16.2. The van der Waals surface area contributed by atoms with E-state index < -0.39 is 0 Å². The van der Waals surface area contributed by atoms with Crippen LogP contribution in [0.3, 0.4) is 0 Å². The van der Waals surface area contributed by atoms with E-state index in [0.29, 0.717) is 12.3 Å². The van der Waals surface area contributed by atoms with Crippen LogP contribution in [-0.2, 0) is 0 Å². The van der Waals surface area contributed by atoms with Gasteiger partial charge in [0.15, 0.2) is 5.78 Å². The minimum absolute atomic E-state index is 0.143. The number of Topliss-reactive ketones (excluding diaryl/α,β-unsaturated/α-hetero) is 1. The number of piperidine rings is 1. The molecule has 1 fully saturated rings. The number of aromatic nitrogens is 3. The van der Waals surface area contributed by atoms with Gasteiger partial charge in [-0.1, -0.05) is 19.3 Å². The van der Waals surface area contributed by atoms with Crippen LogP contribution in [0.2, 0.25) is 0 Å². The predicted octanol–water partition coefficient (Wildman–Crippen LogP) is 5.50. The van der Waals surface area contributed by atoms with E-state index in [1.165, 1.54) is 6.42 Å². The highest BCUT2D eigenvalue weighted by molar-refractivity contribution is 5.98. The van der Waals surface area contributed by atoms with Gasteiger partial charge >= 0.3 is 0 Å². The molecule has 4 heterocycles. The Labute approximate surface area is 193 Å². The van der Waals surface area contributed by atoms with Crippen molar-refractivity contribution >= 4 is 28.2 Å². The lowest BCUT2D eigenvalue weighted by Gasteiger charge is -2.32. The molecule has 0 bridgehead atoms. The molecule has 6 heteroatoms. The number of likely N-dealkylation sites (tertiary alicyclic amines) is 1. The fraction of sp³-hybridized carbons (Fsp3) is 0.370. The number of nitrogens with zero attached hydrogens (tertiary/aromatic N) is 3. The van der Waals surface area contributed by atoms with E-state index in [1.807, 2.05) is 64.3 Å². The van der Waals surface area contributed by atoms with Crippen LogP contribution in [-0.4, -0.2) is 44.0 Å². The number of pyridine rings is 1. The van der Waals surface area contributed by atoms with E-state index in [2.05, 4.69) is 9.97 Å². The van der Waals surface area contributed by atoms with Crippen LogP contribution in [0, 0.1) is 5.92 Å². The van der Waals surface area contributed by atoms with E-state index in [9.17, 15) is 9.59 Å². The van der Waals surface area contributed by atoms with Gasteiger partial charge in [0.1, 0.15) is 5.65 Å². The van der Waals surface area contributed by atoms with Crippen molar-refractivity contribution in [3.05, 3.63) is 72.3 Å². The number of unbranched alkanes of at least 4 members (excludes halogenated alkanes) is 2. The number of amides is 1. The number of ketones is 1. The Morgan fingerprint density at radius 3 is 2.73 bits per heavy atom. The smallest absolute Gasteiger partial charge is 0.253 e. The Kier molecular flexibility index (Phi) is 6.24. The predicted molar refractivity (Wildman–Crippen MR) is 130 cm³/mol. The number of nitrogens with one attached hydrogen (secondary N) is 1. The Bertz CT molecular complexity index is 1260. The average molecular weight is 443 g/mol. The molecule has 1 amide bonds. The second kappa shape index (κ2) is 9.61. The van der Waals surface area contributed by atoms with Crippen molar-refractivity contribution in [1.29, 1.82) is 0 Å². The standard InChI is InChI=1S/C27H30N4O2/c32-25(23-7-9-26-29-14-17-31(26)19-23)5-3-1-2-4-20-11-15-30(16-12-20)27(33)22-6-8-24-21(18-22)10-13-28-24/h6-10,13-14,17-20,28H,1-5,11-12,15-16H2. The molecule has 0 atom stereocenters. The number of rotatable bonds is 8. The molecule has 4 aromatic rings. The lowest BCUT2D eigenvalue weighted by atomic mass is 9.90. The maximum absolute atomic E-state index is 12.9. The zero-order chi connectivity index (χ0) is 22.6. The zero-order valence-corrected chi connectivity index (χ0v) is 18.9. The molecule has 1 aliphatic heterocycles. The van der Waals surface area contributed by atoms with Gasteiger partial charge in [0.05, 0.1) is 0 Å². The highest BCUT2D eigenvalue weighted by Gasteiger charge is 2.23. The molecule has 0 radical (unpaired) electrons. The lowest BCUT2D eigenvalue weighted by molar-refractivity contribution is 0.0686. The van der Waals surface area contributed by atoms with Crippen molar-refractivity contribution in [3.63, 3.8) is 0 Å². The number of hydrogen-bond donors (Lipinski definition) is 1. The Morgan fingerprint density at radius 2 is 1.85 bits per heavy atom. The molecule has 3 aromatic heterocycles. The van der Waals surface area contributed by atoms with E-state index in [4.69, 9.17) is 0 Å². The van der Waals surface area contributed by atoms with Crippen LogP contribution in [0.25, 0.3) is 16.6 Å². The molecule has 1 aliphatic rings. The number of benzene rings is 1. The number of H-pyrrole nitrogens is 1. The minimum Gasteiger partial charge on any atom is -0.361 e. The van der Waals surface area contributed by atoms with Crippen molar-refractivity contribution in [3.8, 4) is 0 Å².